The van der Waals surface area contributed by atoms with Crippen LogP contribution >= 0.6 is 0 Å². The molecule has 53 heavy (non-hydrogen) atoms. The molecule has 4 heteroatoms. The van der Waals surface area contributed by atoms with E-state index >= 15 is 0 Å². The van der Waals surface area contributed by atoms with Crippen molar-refractivity contribution in [3.63, 3.8) is 0 Å². The van der Waals surface area contributed by atoms with Gasteiger partial charge >= 0.3 is 0 Å². The van der Waals surface area contributed by atoms with Crippen molar-refractivity contribution in [2.75, 3.05) is 0 Å². The van der Waals surface area contributed by atoms with Gasteiger partial charge in [0.1, 0.15) is 23.0 Å². The molecule has 2 aliphatic heterocycles. The Hall–Kier alpha value is -6.78. The van der Waals surface area contributed by atoms with Gasteiger partial charge in [0.15, 0.2) is 0 Å². The van der Waals surface area contributed by atoms with E-state index in [0.29, 0.717) is 0 Å². The zero-order chi connectivity index (χ0) is 34.4. The molecule has 3 nitrogen and oxygen atoms in total. The van der Waals surface area contributed by atoms with Gasteiger partial charge in [-0.15, -0.1) is 0 Å². The summed E-state index contributed by atoms with van der Waals surface area (Å²) in [5.41, 5.74) is 17.1. The highest BCUT2D eigenvalue weighted by Gasteiger charge is 2.51. The number of fused-ring (bicyclic) bond motifs is 17. The van der Waals surface area contributed by atoms with Crippen molar-refractivity contribution in [2.24, 2.45) is 0 Å². The Morgan fingerprint density at radius 3 is 1.74 bits per heavy atom. The fraction of sp³-hybridized carbons (Fsp3) is 0.0204. The van der Waals surface area contributed by atoms with Gasteiger partial charge in [0.25, 0.3) is 6.71 Å². The second-order valence-electron chi connectivity index (χ2n) is 14.7. The summed E-state index contributed by atoms with van der Waals surface area (Å²) in [6.07, 6.45) is 0. The summed E-state index contributed by atoms with van der Waals surface area (Å²) in [6, 6.07) is 62.2. The minimum Gasteiger partial charge on any atom is -0.458 e. The summed E-state index contributed by atoms with van der Waals surface area (Å²) < 4.78 is 15.6. The molecule has 0 fully saturated rings. The summed E-state index contributed by atoms with van der Waals surface area (Å²) in [5, 5.41) is 2.49. The van der Waals surface area contributed by atoms with Gasteiger partial charge in [0, 0.05) is 28.0 Å². The fourth-order valence-corrected chi connectivity index (χ4v) is 10.3. The average Bonchev–Trinajstić information content (AvgIpc) is 3.81. The number of nitrogens with zero attached hydrogens (tertiary/aromatic N) is 1. The third-order valence-corrected chi connectivity index (χ3v) is 12.3. The zero-order valence-corrected chi connectivity index (χ0v) is 28.5. The van der Waals surface area contributed by atoms with Crippen molar-refractivity contribution in [1.29, 1.82) is 0 Å². The number of para-hydroxylation sites is 2. The highest BCUT2D eigenvalue weighted by molar-refractivity contribution is 6.98. The van der Waals surface area contributed by atoms with Crippen LogP contribution in [0.5, 0.6) is 23.0 Å². The molecule has 1 aromatic heterocycles. The third kappa shape index (κ3) is 3.33. The van der Waals surface area contributed by atoms with E-state index in [0.717, 1.165) is 39.6 Å². The molecule has 0 atom stereocenters. The van der Waals surface area contributed by atoms with Crippen LogP contribution in [0, 0.1) is 0 Å². The van der Waals surface area contributed by atoms with E-state index in [1.807, 2.05) is 18.2 Å². The van der Waals surface area contributed by atoms with Crippen LogP contribution in [0.25, 0.3) is 49.7 Å². The molecular formula is C49H28BNO2. The molecule has 244 valence electrons. The summed E-state index contributed by atoms with van der Waals surface area (Å²) in [7, 11) is 0. The maximum Gasteiger partial charge on any atom is 0.260 e. The van der Waals surface area contributed by atoms with Gasteiger partial charge in [-0.05, 0) is 97.9 Å². The largest absolute Gasteiger partial charge is 0.458 e. The highest BCUT2D eigenvalue weighted by Crippen LogP contribution is 2.63. The lowest BCUT2D eigenvalue weighted by molar-refractivity contribution is 0.464. The van der Waals surface area contributed by atoms with Crippen molar-refractivity contribution in [1.82, 2.24) is 4.57 Å². The Morgan fingerprint density at radius 2 is 0.981 bits per heavy atom. The molecule has 0 saturated carbocycles. The molecule has 9 aromatic rings. The highest BCUT2D eigenvalue weighted by atomic mass is 16.5. The Balaban J connectivity index is 1.08. The van der Waals surface area contributed by atoms with E-state index in [1.165, 1.54) is 71.8 Å². The number of benzene rings is 8. The lowest BCUT2D eigenvalue weighted by atomic mass is 9.35. The summed E-state index contributed by atoms with van der Waals surface area (Å²) in [5.74, 6) is 3.50. The van der Waals surface area contributed by atoms with Gasteiger partial charge in [-0.1, -0.05) is 121 Å². The van der Waals surface area contributed by atoms with E-state index in [9.17, 15) is 0 Å². The first kappa shape index (κ1) is 27.9. The number of aromatic nitrogens is 1. The molecule has 0 saturated heterocycles. The van der Waals surface area contributed by atoms with Crippen LogP contribution in [0.1, 0.15) is 22.3 Å². The van der Waals surface area contributed by atoms with E-state index in [4.69, 9.17) is 9.47 Å². The van der Waals surface area contributed by atoms with E-state index in [2.05, 4.69) is 156 Å². The number of rotatable bonds is 1. The van der Waals surface area contributed by atoms with Crippen molar-refractivity contribution in [2.45, 2.75) is 5.41 Å². The molecule has 13 rings (SSSR count). The first-order valence-corrected chi connectivity index (χ1v) is 18.4. The molecule has 0 bridgehead atoms. The van der Waals surface area contributed by atoms with Gasteiger partial charge < -0.3 is 14.0 Å². The van der Waals surface area contributed by atoms with Crippen molar-refractivity contribution < 1.29 is 9.47 Å². The summed E-state index contributed by atoms with van der Waals surface area (Å²) in [6.45, 7) is 0.0372. The molecule has 0 N–H and O–H groups in total. The van der Waals surface area contributed by atoms with Crippen LogP contribution in [-0.2, 0) is 5.41 Å². The predicted octanol–water partition coefficient (Wildman–Crippen LogP) is 9.85. The second-order valence-corrected chi connectivity index (χ2v) is 14.7. The van der Waals surface area contributed by atoms with Crippen LogP contribution in [0.15, 0.2) is 170 Å². The van der Waals surface area contributed by atoms with E-state index < -0.39 is 0 Å². The SMILES string of the molecule is c1ccc2c(c1)Oc1cccc3c1B2c1ccc(-n2c4ccccc4c4cc5c(cc42)-c2ccccc2C52c4ccccc4-c4ccccc42)cc1O3. The lowest BCUT2D eigenvalue weighted by Gasteiger charge is -2.33. The molecule has 8 aromatic carbocycles. The summed E-state index contributed by atoms with van der Waals surface area (Å²) in [4.78, 5) is 0. The molecule has 1 spiro atoms. The van der Waals surface area contributed by atoms with Gasteiger partial charge in [-0.3, -0.25) is 0 Å². The number of ether oxygens (including phenoxy) is 2. The van der Waals surface area contributed by atoms with Gasteiger partial charge in [-0.2, -0.15) is 0 Å². The van der Waals surface area contributed by atoms with Crippen molar-refractivity contribution >= 4 is 44.9 Å². The molecule has 0 radical (unpaired) electrons. The Morgan fingerprint density at radius 1 is 0.396 bits per heavy atom. The fourth-order valence-electron chi connectivity index (χ4n) is 10.3. The monoisotopic (exact) mass is 673 g/mol. The standard InChI is InChI=1S/C49H28BNO2/c1-5-16-36-30(12-1)31-13-2-6-17-37(31)49(36)38-18-7-3-14-32(38)34-28-43-35(27-39(34)49)33-15-4-9-20-42(33)51(43)29-24-25-41-47(26-29)53-46-23-11-22-45-48(46)50(41)40-19-8-10-21-44(40)52-45/h1-28H. The molecular weight excluding hydrogens is 645 g/mol. The molecule has 4 aliphatic rings. The van der Waals surface area contributed by atoms with E-state index in [-0.39, 0.29) is 12.1 Å². The first-order chi connectivity index (χ1) is 26.3. The Labute approximate surface area is 306 Å². The Kier molecular flexibility index (Phi) is 5.13. The van der Waals surface area contributed by atoms with Gasteiger partial charge in [0.05, 0.1) is 16.4 Å². The smallest absolute Gasteiger partial charge is 0.260 e. The number of hydrogen-bond donors (Lipinski definition) is 0. The second kappa shape index (κ2) is 9.75. The van der Waals surface area contributed by atoms with Crippen molar-refractivity contribution in [3.05, 3.63) is 192 Å². The predicted molar refractivity (Wildman–Crippen MR) is 215 cm³/mol. The van der Waals surface area contributed by atoms with Crippen LogP contribution in [-0.4, -0.2) is 11.3 Å². The van der Waals surface area contributed by atoms with Gasteiger partial charge in [-0.25, -0.2) is 0 Å². The van der Waals surface area contributed by atoms with Crippen LogP contribution in [0.4, 0.5) is 0 Å². The average molecular weight is 674 g/mol. The molecule has 0 unspecified atom stereocenters. The van der Waals surface area contributed by atoms with Crippen LogP contribution in [0.3, 0.4) is 0 Å². The summed E-state index contributed by atoms with van der Waals surface area (Å²) >= 11 is 0. The lowest BCUT2D eigenvalue weighted by Crippen LogP contribution is -2.57. The maximum absolute atomic E-state index is 6.76. The molecule has 2 aliphatic carbocycles. The molecule has 0 amide bonds. The number of hydrogen-bond acceptors (Lipinski definition) is 2. The van der Waals surface area contributed by atoms with Crippen LogP contribution < -0.4 is 25.9 Å². The third-order valence-electron chi connectivity index (χ3n) is 12.3. The minimum atomic E-state index is -0.386. The van der Waals surface area contributed by atoms with Crippen LogP contribution in [0.2, 0.25) is 0 Å². The first-order valence-electron chi connectivity index (χ1n) is 18.4. The van der Waals surface area contributed by atoms with E-state index in [1.54, 1.807) is 0 Å². The Bertz CT molecular complexity index is 3050. The van der Waals surface area contributed by atoms with Gasteiger partial charge in [0.2, 0.25) is 0 Å². The zero-order valence-electron chi connectivity index (χ0n) is 28.5. The van der Waals surface area contributed by atoms with Crippen molar-refractivity contribution in [3.8, 4) is 50.9 Å². The maximum atomic E-state index is 6.76. The minimum absolute atomic E-state index is 0.0372. The molecule has 3 heterocycles. The normalized spacial score (nSPS) is 14.5. The quantitative estimate of drug-likeness (QED) is 0.162. The topological polar surface area (TPSA) is 23.4 Å².